The van der Waals surface area contributed by atoms with Crippen LogP contribution in [-0.2, 0) is 0 Å². The topological polar surface area (TPSA) is 69.9 Å². The zero-order chi connectivity index (χ0) is 24.3. The monoisotopic (exact) mass is 452 g/mol. The Morgan fingerprint density at radius 3 is 0.676 bits per heavy atom. The molecule has 34 heavy (non-hydrogen) atoms. The van der Waals surface area contributed by atoms with E-state index >= 15 is 0 Å². The molecule has 5 aromatic rings. The number of ether oxygens (including phenoxy) is 1. The Kier molecular flexibility index (Phi) is 12.0. The van der Waals surface area contributed by atoms with Crippen LogP contribution in [-0.4, -0.2) is 15.3 Å². The van der Waals surface area contributed by atoms with E-state index < -0.39 is 0 Å². The van der Waals surface area contributed by atoms with E-state index in [4.69, 9.17) is 20.1 Å². The zero-order valence-electron chi connectivity index (χ0n) is 18.7. The lowest BCUT2D eigenvalue weighted by molar-refractivity contribution is 0.475. The van der Waals surface area contributed by atoms with Gasteiger partial charge >= 0.3 is 0 Å². The van der Waals surface area contributed by atoms with Gasteiger partial charge in [0.25, 0.3) is 0 Å². The lowest BCUT2D eigenvalue weighted by Crippen LogP contribution is -1.81. The predicted octanol–water partition coefficient (Wildman–Crippen LogP) is 7.66. The van der Waals surface area contributed by atoms with Gasteiger partial charge in [-0.25, -0.2) is 0 Å². The molecule has 0 spiro atoms. The van der Waals surface area contributed by atoms with E-state index in [1.165, 1.54) is 0 Å². The van der Waals surface area contributed by atoms with Gasteiger partial charge in [0.2, 0.25) is 0 Å². The second-order valence-electron chi connectivity index (χ2n) is 6.73. The third kappa shape index (κ3) is 12.2. The van der Waals surface area contributed by atoms with Gasteiger partial charge in [-0.3, -0.25) is 0 Å². The van der Waals surface area contributed by atoms with E-state index in [1.807, 2.05) is 78.9 Å². The molecular formula is C30H28O4. The van der Waals surface area contributed by atoms with Crippen molar-refractivity contribution < 1.29 is 20.1 Å². The molecule has 4 heteroatoms. The number of hydrogen-bond donors (Lipinski definition) is 3. The highest BCUT2D eigenvalue weighted by atomic mass is 16.5. The first-order valence-electron chi connectivity index (χ1n) is 10.6. The smallest absolute Gasteiger partial charge is 0.127 e. The number of benzene rings is 5. The molecule has 4 nitrogen and oxygen atoms in total. The number of phenolic OH excluding ortho intramolecular Hbond substituents is 3. The SMILES string of the molecule is Oc1ccccc1.Oc1ccccc1.Oc1ccccc1.c1ccc(Oc2ccccc2)cc1. The van der Waals surface area contributed by atoms with Gasteiger partial charge in [0.15, 0.2) is 0 Å². The minimum absolute atomic E-state index is 0.322. The summed E-state index contributed by atoms with van der Waals surface area (Å²) in [7, 11) is 0. The van der Waals surface area contributed by atoms with Gasteiger partial charge in [-0.2, -0.15) is 0 Å². The van der Waals surface area contributed by atoms with Crippen molar-refractivity contribution in [3.63, 3.8) is 0 Å². The van der Waals surface area contributed by atoms with Crippen LogP contribution in [0.1, 0.15) is 0 Å². The van der Waals surface area contributed by atoms with Crippen LogP contribution in [0.5, 0.6) is 28.7 Å². The van der Waals surface area contributed by atoms with Crippen LogP contribution in [0.4, 0.5) is 0 Å². The normalized spacial score (nSPS) is 8.94. The fourth-order valence-electron chi connectivity index (χ4n) is 2.40. The number of rotatable bonds is 2. The molecule has 3 N–H and O–H groups in total. The van der Waals surface area contributed by atoms with E-state index in [1.54, 1.807) is 72.8 Å². The van der Waals surface area contributed by atoms with E-state index in [0.29, 0.717) is 17.2 Å². The fourth-order valence-corrected chi connectivity index (χ4v) is 2.40. The molecule has 0 bridgehead atoms. The highest BCUT2D eigenvalue weighted by molar-refractivity contribution is 5.30. The lowest BCUT2D eigenvalue weighted by Gasteiger charge is -2.03. The molecule has 0 unspecified atom stereocenters. The van der Waals surface area contributed by atoms with Crippen LogP contribution in [0.25, 0.3) is 0 Å². The van der Waals surface area contributed by atoms with Crippen LogP contribution < -0.4 is 4.74 Å². The maximum absolute atomic E-state index is 8.63. The van der Waals surface area contributed by atoms with Gasteiger partial charge < -0.3 is 20.1 Å². The van der Waals surface area contributed by atoms with Crippen LogP contribution in [0.15, 0.2) is 152 Å². The molecule has 0 radical (unpaired) electrons. The second kappa shape index (κ2) is 16.0. The Bertz CT molecular complexity index is 992. The average molecular weight is 453 g/mol. The van der Waals surface area contributed by atoms with Gasteiger partial charge in [0.1, 0.15) is 28.7 Å². The molecule has 0 atom stereocenters. The summed E-state index contributed by atoms with van der Waals surface area (Å²) in [6.07, 6.45) is 0. The summed E-state index contributed by atoms with van der Waals surface area (Å²) in [6, 6.07) is 45.7. The minimum atomic E-state index is 0.322. The van der Waals surface area contributed by atoms with Gasteiger partial charge in [-0.05, 0) is 60.7 Å². The van der Waals surface area contributed by atoms with Crippen molar-refractivity contribution in [1.82, 2.24) is 0 Å². The maximum atomic E-state index is 8.63. The van der Waals surface area contributed by atoms with Crippen LogP contribution in [0.3, 0.4) is 0 Å². The highest BCUT2D eigenvalue weighted by Crippen LogP contribution is 2.19. The Labute approximate surface area is 200 Å². The first kappa shape index (κ1) is 25.6. The third-order valence-corrected chi connectivity index (χ3v) is 3.99. The maximum Gasteiger partial charge on any atom is 0.127 e. The first-order chi connectivity index (χ1) is 16.6. The molecule has 0 aromatic heterocycles. The molecule has 0 aliphatic heterocycles. The van der Waals surface area contributed by atoms with Gasteiger partial charge in [-0.1, -0.05) is 91.0 Å². The van der Waals surface area contributed by atoms with Crippen molar-refractivity contribution in [3.8, 4) is 28.7 Å². The second-order valence-corrected chi connectivity index (χ2v) is 6.73. The molecule has 0 heterocycles. The van der Waals surface area contributed by atoms with Crippen molar-refractivity contribution in [1.29, 1.82) is 0 Å². The summed E-state index contributed by atoms with van der Waals surface area (Å²) in [5.41, 5.74) is 0. The Hall–Kier alpha value is -4.70. The van der Waals surface area contributed by atoms with Gasteiger partial charge in [-0.15, -0.1) is 0 Å². The number of phenols is 3. The van der Waals surface area contributed by atoms with Crippen LogP contribution >= 0.6 is 0 Å². The summed E-state index contributed by atoms with van der Waals surface area (Å²) < 4.78 is 5.58. The first-order valence-corrected chi connectivity index (χ1v) is 10.6. The zero-order valence-corrected chi connectivity index (χ0v) is 18.7. The summed E-state index contributed by atoms with van der Waals surface area (Å²) in [6.45, 7) is 0. The molecule has 0 saturated carbocycles. The van der Waals surface area contributed by atoms with Crippen molar-refractivity contribution in [3.05, 3.63) is 152 Å². The fraction of sp³-hybridized carbons (Fsp3) is 0. The minimum Gasteiger partial charge on any atom is -0.508 e. The van der Waals surface area contributed by atoms with Crippen molar-refractivity contribution in [2.45, 2.75) is 0 Å². The van der Waals surface area contributed by atoms with Crippen LogP contribution in [0, 0.1) is 0 Å². The summed E-state index contributed by atoms with van der Waals surface area (Å²) in [4.78, 5) is 0. The molecule has 0 aliphatic carbocycles. The van der Waals surface area contributed by atoms with Crippen LogP contribution in [0.2, 0.25) is 0 Å². The largest absolute Gasteiger partial charge is 0.508 e. The van der Waals surface area contributed by atoms with E-state index in [9.17, 15) is 0 Å². The van der Waals surface area contributed by atoms with Crippen molar-refractivity contribution in [2.24, 2.45) is 0 Å². The Morgan fingerprint density at radius 1 is 0.294 bits per heavy atom. The van der Waals surface area contributed by atoms with E-state index in [2.05, 4.69) is 0 Å². The Balaban J connectivity index is 0.000000169. The molecule has 172 valence electrons. The molecule has 5 aromatic carbocycles. The molecule has 0 amide bonds. The summed E-state index contributed by atoms with van der Waals surface area (Å²) in [5, 5.41) is 25.9. The summed E-state index contributed by atoms with van der Waals surface area (Å²) >= 11 is 0. The van der Waals surface area contributed by atoms with E-state index in [-0.39, 0.29) is 0 Å². The third-order valence-electron chi connectivity index (χ3n) is 3.99. The molecule has 0 saturated heterocycles. The lowest BCUT2D eigenvalue weighted by atomic mass is 10.3. The molecular weight excluding hydrogens is 424 g/mol. The molecule has 0 fully saturated rings. The molecule has 0 aliphatic rings. The average Bonchev–Trinajstić information content (AvgIpc) is 2.88. The van der Waals surface area contributed by atoms with Gasteiger partial charge in [0.05, 0.1) is 0 Å². The Morgan fingerprint density at radius 2 is 0.500 bits per heavy atom. The standard InChI is InChI=1S/C12H10O.3C6H6O/c1-3-7-11(8-4-1)13-12-9-5-2-6-10-12;3*7-6-4-2-1-3-5-6/h1-10H;3*1-5,7H. The van der Waals surface area contributed by atoms with Gasteiger partial charge in [0, 0.05) is 0 Å². The van der Waals surface area contributed by atoms with Crippen molar-refractivity contribution in [2.75, 3.05) is 0 Å². The number of para-hydroxylation sites is 5. The van der Waals surface area contributed by atoms with Crippen molar-refractivity contribution >= 4 is 0 Å². The number of hydrogen-bond acceptors (Lipinski definition) is 4. The van der Waals surface area contributed by atoms with E-state index in [0.717, 1.165) is 11.5 Å². The highest BCUT2D eigenvalue weighted by Gasteiger charge is 1.92. The summed E-state index contributed by atoms with van der Waals surface area (Å²) in [5.74, 6) is 2.70. The number of aromatic hydroxyl groups is 3. The predicted molar refractivity (Wildman–Crippen MR) is 137 cm³/mol. The molecule has 5 rings (SSSR count). The quantitative estimate of drug-likeness (QED) is 0.257.